The van der Waals surface area contributed by atoms with E-state index in [2.05, 4.69) is 34.2 Å². The number of thioether (sulfide) groups is 1. The van der Waals surface area contributed by atoms with Crippen LogP contribution in [0.5, 0.6) is 0 Å². The summed E-state index contributed by atoms with van der Waals surface area (Å²) in [5.41, 5.74) is 3.30. The summed E-state index contributed by atoms with van der Waals surface area (Å²) in [6.07, 6.45) is 2.47. The van der Waals surface area contributed by atoms with E-state index < -0.39 is 29.0 Å². The maximum absolute atomic E-state index is 14.1. The number of nitro benzene ring substituents is 1. The first-order valence-electron chi connectivity index (χ1n) is 17.9. The Morgan fingerprint density at radius 2 is 1.87 bits per heavy atom. The summed E-state index contributed by atoms with van der Waals surface area (Å²) < 4.78 is 39.8. The number of ketones is 1. The third-order valence-electron chi connectivity index (χ3n) is 9.05. The molecule has 6 rings (SSSR count). The third-order valence-corrected chi connectivity index (χ3v) is 14.5. The van der Waals surface area contributed by atoms with E-state index >= 15 is 0 Å². The lowest BCUT2D eigenvalue weighted by molar-refractivity contribution is -0.385. The average Bonchev–Trinajstić information content (AvgIpc) is 3.74. The molecule has 0 aliphatic carbocycles. The van der Waals surface area contributed by atoms with E-state index in [0.717, 1.165) is 38.8 Å². The molecule has 0 bridgehead atoms. The first-order valence-corrected chi connectivity index (χ1v) is 24.7. The third kappa shape index (κ3) is 9.71. The highest BCUT2D eigenvalue weighted by atomic mass is 32.2. The molecular formula is C38H43N5O8S3Si. The van der Waals surface area contributed by atoms with Gasteiger partial charge in [0, 0.05) is 67.9 Å². The number of ether oxygens (including phenoxy) is 2. The molecule has 0 atom stereocenters. The van der Waals surface area contributed by atoms with Crippen LogP contribution < -0.4 is 14.5 Å². The summed E-state index contributed by atoms with van der Waals surface area (Å²) in [4.78, 5) is 47.8. The van der Waals surface area contributed by atoms with Crippen molar-refractivity contribution >= 4 is 69.5 Å². The minimum absolute atomic E-state index is 0.0858. The van der Waals surface area contributed by atoms with Crippen molar-refractivity contribution in [1.29, 1.82) is 0 Å². The Hall–Kier alpha value is -4.39. The number of hydrogen-bond acceptors (Lipinski definition) is 13. The molecular weight excluding hydrogens is 779 g/mol. The second kappa shape index (κ2) is 17.2. The van der Waals surface area contributed by atoms with Crippen LogP contribution in [0.2, 0.25) is 25.7 Å². The van der Waals surface area contributed by atoms with Gasteiger partial charge in [0.25, 0.3) is 5.69 Å². The number of allylic oxidation sites excluding steroid dienone is 1. The molecule has 17 heteroatoms. The zero-order chi connectivity index (χ0) is 39.3. The zero-order valence-electron chi connectivity index (χ0n) is 31.1. The van der Waals surface area contributed by atoms with Crippen molar-refractivity contribution < 1.29 is 32.4 Å². The van der Waals surface area contributed by atoms with Crippen molar-refractivity contribution in [2.45, 2.75) is 61.8 Å². The molecule has 1 N–H and O–H groups in total. The molecule has 1 aromatic heterocycles. The topological polar surface area (TPSA) is 161 Å². The molecule has 3 heterocycles. The van der Waals surface area contributed by atoms with Gasteiger partial charge in [-0.2, -0.15) is 0 Å². The van der Waals surface area contributed by atoms with E-state index in [0.29, 0.717) is 48.4 Å². The minimum Gasteiger partial charge on any atom is -0.461 e. The monoisotopic (exact) mass is 821 g/mol. The number of thiazole rings is 1. The van der Waals surface area contributed by atoms with Gasteiger partial charge in [0.1, 0.15) is 6.73 Å². The van der Waals surface area contributed by atoms with Gasteiger partial charge < -0.3 is 19.3 Å². The van der Waals surface area contributed by atoms with Crippen LogP contribution in [-0.4, -0.2) is 71.2 Å². The van der Waals surface area contributed by atoms with Crippen LogP contribution in [0.25, 0.3) is 0 Å². The Bertz CT molecular complexity index is 2240. The van der Waals surface area contributed by atoms with E-state index in [1.165, 1.54) is 29.5 Å². The van der Waals surface area contributed by atoms with Gasteiger partial charge in [-0.05, 0) is 55.1 Å². The minimum atomic E-state index is -4.07. The molecule has 2 aliphatic rings. The number of rotatable bonds is 16. The molecule has 0 fully saturated rings. The second-order valence-corrected chi connectivity index (χ2v) is 23.7. The Labute approximate surface area is 330 Å². The van der Waals surface area contributed by atoms with Gasteiger partial charge in [-0.15, -0.1) is 11.3 Å². The summed E-state index contributed by atoms with van der Waals surface area (Å²) in [5.74, 6) is -0.741. The number of benzene rings is 3. The number of non-ortho nitro benzene ring substituents is 1. The van der Waals surface area contributed by atoms with Crippen LogP contribution in [0.15, 0.2) is 87.6 Å². The van der Waals surface area contributed by atoms with Gasteiger partial charge in [-0.25, -0.2) is 22.9 Å². The van der Waals surface area contributed by atoms with Crippen molar-refractivity contribution in [2.24, 2.45) is 0 Å². The molecule has 0 amide bonds. The van der Waals surface area contributed by atoms with Crippen molar-refractivity contribution in [2.75, 3.05) is 42.8 Å². The Kier molecular flexibility index (Phi) is 12.6. The number of sulfonamides is 1. The fourth-order valence-corrected chi connectivity index (χ4v) is 10.1. The van der Waals surface area contributed by atoms with Crippen molar-refractivity contribution in [1.82, 2.24) is 9.71 Å². The molecule has 290 valence electrons. The normalized spacial score (nSPS) is 14.9. The molecule has 0 saturated heterocycles. The number of carbonyl (C=O) groups excluding carboxylic acids is 2. The number of fused-ring (bicyclic) bond motifs is 2. The first kappa shape index (κ1) is 40.3. The smallest absolute Gasteiger partial charge is 0.358 e. The number of aromatic nitrogens is 1. The van der Waals surface area contributed by atoms with Crippen molar-refractivity contribution in [3.05, 3.63) is 115 Å². The molecule has 4 aromatic rings. The maximum Gasteiger partial charge on any atom is 0.358 e. The van der Waals surface area contributed by atoms with E-state index in [1.807, 2.05) is 47.4 Å². The fraction of sp³-hybridized carbons (Fsp3) is 0.342. The van der Waals surface area contributed by atoms with Gasteiger partial charge in [0.15, 0.2) is 16.6 Å². The van der Waals surface area contributed by atoms with Crippen molar-refractivity contribution in [3.63, 3.8) is 0 Å². The summed E-state index contributed by atoms with van der Waals surface area (Å²) >= 11 is 2.81. The number of nitrogens with zero attached hydrogens (tertiary/aromatic N) is 4. The van der Waals surface area contributed by atoms with Gasteiger partial charge in [-0.1, -0.05) is 67.8 Å². The number of anilines is 2. The van der Waals surface area contributed by atoms with Crippen LogP contribution in [0, 0.1) is 10.1 Å². The highest BCUT2D eigenvalue weighted by Gasteiger charge is 2.30. The number of para-hydroxylation sites is 1. The van der Waals surface area contributed by atoms with Crippen LogP contribution >= 0.6 is 23.1 Å². The number of hydrogen-bond donors (Lipinski definition) is 1. The summed E-state index contributed by atoms with van der Waals surface area (Å²) in [7, 11) is -5.34. The lowest BCUT2D eigenvalue weighted by atomic mass is 9.93. The largest absolute Gasteiger partial charge is 0.461 e. The average molecular weight is 822 g/mol. The number of nitrogens with one attached hydrogen (secondary N) is 1. The van der Waals surface area contributed by atoms with Crippen LogP contribution in [-0.2, 0) is 38.9 Å². The highest BCUT2D eigenvalue weighted by molar-refractivity contribution is 8.03. The van der Waals surface area contributed by atoms with Gasteiger partial charge in [0.05, 0.1) is 27.1 Å². The van der Waals surface area contributed by atoms with Gasteiger partial charge in [0.2, 0.25) is 10.0 Å². The fourth-order valence-electron chi connectivity index (χ4n) is 6.14. The predicted octanol–water partition coefficient (Wildman–Crippen LogP) is 7.26. The number of nitro groups is 1. The Balaban J connectivity index is 1.20. The molecule has 55 heavy (non-hydrogen) atoms. The first-order chi connectivity index (χ1) is 26.2. The SMILES string of the molecule is CCOC(=O)c1nc(N2CCc3cccc(C(=O)C=C4Sc5ccccc5N4COCC[Si](C)(C)C)c3C2)sc1CCNS(=O)(=O)c1cccc([N+](=O)[O-])c1. The lowest BCUT2D eigenvalue weighted by Crippen LogP contribution is -2.31. The Morgan fingerprint density at radius 3 is 2.64 bits per heavy atom. The molecule has 13 nitrogen and oxygen atoms in total. The van der Waals surface area contributed by atoms with Crippen LogP contribution in [0.3, 0.4) is 0 Å². The summed E-state index contributed by atoms with van der Waals surface area (Å²) in [6, 6.07) is 19.7. The quantitative estimate of drug-likeness (QED) is 0.0230. The molecule has 3 aromatic carbocycles. The summed E-state index contributed by atoms with van der Waals surface area (Å²) in [5, 5.41) is 12.5. The van der Waals surface area contributed by atoms with Gasteiger partial charge in [-0.3, -0.25) is 14.9 Å². The predicted molar refractivity (Wildman–Crippen MR) is 217 cm³/mol. The van der Waals surface area contributed by atoms with Crippen LogP contribution in [0.1, 0.15) is 43.8 Å². The van der Waals surface area contributed by atoms with Gasteiger partial charge >= 0.3 is 5.97 Å². The van der Waals surface area contributed by atoms with E-state index in [-0.39, 0.29) is 41.6 Å². The zero-order valence-corrected chi connectivity index (χ0v) is 34.5. The number of carbonyl (C=O) groups is 2. The highest BCUT2D eigenvalue weighted by Crippen LogP contribution is 2.46. The number of esters is 1. The van der Waals surface area contributed by atoms with Crippen LogP contribution in [0.4, 0.5) is 16.5 Å². The molecule has 0 spiro atoms. The van der Waals surface area contributed by atoms with E-state index in [1.54, 1.807) is 24.8 Å². The molecule has 0 saturated carbocycles. The molecule has 2 aliphatic heterocycles. The summed E-state index contributed by atoms with van der Waals surface area (Å²) in [6.45, 7) is 10.7. The maximum atomic E-state index is 14.1. The molecule has 0 unspecified atom stereocenters. The van der Waals surface area contributed by atoms with E-state index in [4.69, 9.17) is 9.47 Å². The lowest BCUT2D eigenvalue weighted by Gasteiger charge is -2.29. The second-order valence-electron chi connectivity index (χ2n) is 14.2. The Morgan fingerprint density at radius 1 is 1.09 bits per heavy atom. The van der Waals surface area contributed by atoms with Crippen molar-refractivity contribution in [3.8, 4) is 0 Å². The van der Waals surface area contributed by atoms with E-state index in [9.17, 15) is 28.1 Å². The molecule has 0 radical (unpaired) electrons. The standard InChI is InChI=1S/C38H43N5O8S3Si/c1-5-51-37(45)36-34(16-18-39-54(48,49)28-12-9-11-27(22-28)43(46)47)53-38(40-36)41-19-17-26-10-8-13-29(30(26)24-41)32(44)23-35-42(25-50-20-21-55(2,3)4)31-14-6-7-15-33(31)52-35/h6-15,22-23,39H,5,16-21,24-25H2,1-4H3.